The highest BCUT2D eigenvalue weighted by Crippen LogP contribution is 2.44. The fraction of sp³-hybridized carbons (Fsp3) is 0.500. The van der Waals surface area contributed by atoms with Crippen LogP contribution in [0.4, 0.5) is 17.1 Å². The third-order valence-electron chi connectivity index (χ3n) is 7.63. The molecule has 0 amide bonds. The van der Waals surface area contributed by atoms with Crippen molar-refractivity contribution in [3.8, 4) is 0 Å². The van der Waals surface area contributed by atoms with E-state index in [2.05, 4.69) is 45.0 Å². The highest BCUT2D eigenvalue weighted by molar-refractivity contribution is 5.60. The van der Waals surface area contributed by atoms with Gasteiger partial charge in [0.2, 0.25) is 0 Å². The average molecular weight is 431 g/mol. The second kappa shape index (κ2) is 7.77. The monoisotopic (exact) mass is 430 g/mol. The summed E-state index contributed by atoms with van der Waals surface area (Å²) < 4.78 is 11.2. The molecule has 5 aliphatic rings. The van der Waals surface area contributed by atoms with E-state index in [4.69, 9.17) is 21.8 Å². The molecule has 2 N–H and O–H groups in total. The zero-order valence-corrected chi connectivity index (χ0v) is 18.3. The number of benzene rings is 2. The molecule has 4 atom stereocenters. The second-order valence-corrected chi connectivity index (χ2v) is 9.83. The number of ether oxygens (including phenoxy) is 2. The zero-order chi connectivity index (χ0) is 21.7. The van der Waals surface area contributed by atoms with E-state index < -0.39 is 0 Å². The highest BCUT2D eigenvalue weighted by atomic mass is 16.5. The molecule has 4 heterocycles. The van der Waals surface area contributed by atoms with Gasteiger partial charge < -0.3 is 25.0 Å². The Bertz CT molecular complexity index is 1050. The summed E-state index contributed by atoms with van der Waals surface area (Å²) in [5, 5.41) is 0. The lowest BCUT2D eigenvalue weighted by Crippen LogP contribution is -2.37. The molecule has 1 saturated carbocycles. The molecule has 7 rings (SSSR count). The first-order valence-corrected chi connectivity index (χ1v) is 11.7. The summed E-state index contributed by atoms with van der Waals surface area (Å²) in [7, 11) is 0. The van der Waals surface area contributed by atoms with Gasteiger partial charge in [0.15, 0.2) is 5.69 Å². The van der Waals surface area contributed by atoms with Crippen LogP contribution in [-0.4, -0.2) is 50.6 Å². The van der Waals surface area contributed by atoms with Crippen molar-refractivity contribution >= 4 is 17.1 Å². The van der Waals surface area contributed by atoms with Crippen molar-refractivity contribution in [2.45, 2.75) is 55.5 Å². The molecule has 2 aromatic rings. The lowest BCUT2D eigenvalue weighted by atomic mass is 10.0. The van der Waals surface area contributed by atoms with Gasteiger partial charge >= 0.3 is 0 Å². The number of hydrogen-bond acceptors (Lipinski definition) is 5. The summed E-state index contributed by atoms with van der Waals surface area (Å²) in [6.07, 6.45) is 5.46. The molecule has 2 aromatic carbocycles. The molecular weight excluding hydrogens is 400 g/mol. The largest absolute Gasteiger partial charge is 0.374 e. The van der Waals surface area contributed by atoms with Crippen LogP contribution in [0.5, 0.6) is 0 Å². The van der Waals surface area contributed by atoms with Crippen molar-refractivity contribution in [3.05, 3.63) is 65.5 Å². The van der Waals surface area contributed by atoms with Gasteiger partial charge in [0.1, 0.15) is 0 Å². The zero-order valence-electron chi connectivity index (χ0n) is 18.3. The predicted molar refractivity (Wildman–Crippen MR) is 125 cm³/mol. The topological polar surface area (TPSA) is 55.3 Å². The first kappa shape index (κ1) is 20.0. The standard InChI is InChI=1S/C14H18N2O.C12H12N2O/c15-14(4-5-14)10-2-1-3-11(6-10)16-8-13-7-12(16)9-17-13;1-13-9-3-2-4-10(5-9)14-7-12-6-11(14)8-15-12/h1-3,6,12-13H,4-5,7-9,15H2;2-5,11-12H,6-8H2. The fourth-order valence-corrected chi connectivity index (χ4v) is 5.59. The Morgan fingerprint density at radius 1 is 0.875 bits per heavy atom. The van der Waals surface area contributed by atoms with Crippen LogP contribution < -0.4 is 15.5 Å². The van der Waals surface area contributed by atoms with Gasteiger partial charge in [0, 0.05) is 30.0 Å². The molecule has 32 heavy (non-hydrogen) atoms. The van der Waals surface area contributed by atoms with Crippen LogP contribution in [0.15, 0.2) is 48.5 Å². The molecule has 0 radical (unpaired) electrons. The second-order valence-electron chi connectivity index (χ2n) is 9.83. The van der Waals surface area contributed by atoms with Gasteiger partial charge in [-0.05, 0) is 55.5 Å². The molecule has 4 bridgehead atoms. The van der Waals surface area contributed by atoms with E-state index in [1.165, 1.54) is 23.4 Å². The van der Waals surface area contributed by atoms with Crippen LogP contribution in [0, 0.1) is 6.57 Å². The lowest BCUT2D eigenvalue weighted by Gasteiger charge is -2.29. The van der Waals surface area contributed by atoms with E-state index in [1.807, 2.05) is 18.2 Å². The number of morpholine rings is 2. The Morgan fingerprint density at radius 3 is 1.97 bits per heavy atom. The van der Waals surface area contributed by atoms with Crippen molar-refractivity contribution in [2.24, 2.45) is 5.73 Å². The molecule has 0 spiro atoms. The van der Waals surface area contributed by atoms with Crippen molar-refractivity contribution in [1.29, 1.82) is 0 Å². The molecule has 0 aromatic heterocycles. The number of nitrogens with zero attached hydrogens (tertiary/aromatic N) is 3. The summed E-state index contributed by atoms with van der Waals surface area (Å²) in [6, 6.07) is 17.8. The molecule has 6 nitrogen and oxygen atoms in total. The Labute approximate surface area is 189 Å². The lowest BCUT2D eigenvalue weighted by molar-refractivity contribution is 0.0990. The summed E-state index contributed by atoms with van der Waals surface area (Å²) in [5.41, 5.74) is 10.8. The number of rotatable bonds is 3. The van der Waals surface area contributed by atoms with E-state index in [0.717, 1.165) is 51.3 Å². The van der Waals surface area contributed by atoms with Crippen LogP contribution >= 0.6 is 0 Å². The minimum Gasteiger partial charge on any atom is -0.374 e. The minimum absolute atomic E-state index is 0.0226. The van der Waals surface area contributed by atoms with E-state index in [9.17, 15) is 0 Å². The third kappa shape index (κ3) is 3.65. The first-order chi connectivity index (χ1) is 15.6. The SMILES string of the molecule is NC1(c2cccc(N3CC4CC3CO4)c2)CC1.[C-]#[N+]c1cccc(N2CC3CC2CO3)c1. The van der Waals surface area contributed by atoms with Crippen molar-refractivity contribution in [1.82, 2.24) is 0 Å². The van der Waals surface area contributed by atoms with E-state index >= 15 is 0 Å². The Hall–Kier alpha value is -2.59. The van der Waals surface area contributed by atoms with Crippen molar-refractivity contribution in [2.75, 3.05) is 36.1 Å². The normalized spacial score (nSPS) is 30.8. The highest BCUT2D eigenvalue weighted by Gasteiger charge is 2.42. The molecule has 4 unspecified atom stereocenters. The van der Waals surface area contributed by atoms with Gasteiger partial charge in [-0.25, -0.2) is 4.85 Å². The summed E-state index contributed by atoms with van der Waals surface area (Å²) in [4.78, 5) is 8.31. The number of nitrogens with two attached hydrogens (primary N) is 1. The molecule has 166 valence electrons. The maximum absolute atomic E-state index is 7.00. The van der Waals surface area contributed by atoms with Crippen LogP contribution in [0.3, 0.4) is 0 Å². The maximum Gasteiger partial charge on any atom is 0.189 e. The molecule has 4 aliphatic heterocycles. The minimum atomic E-state index is -0.0226. The van der Waals surface area contributed by atoms with Crippen molar-refractivity contribution in [3.63, 3.8) is 0 Å². The molecule has 5 fully saturated rings. The summed E-state index contributed by atoms with van der Waals surface area (Å²) in [6.45, 7) is 10.8. The number of anilines is 2. The summed E-state index contributed by atoms with van der Waals surface area (Å²) in [5.74, 6) is 0. The smallest absolute Gasteiger partial charge is 0.189 e. The fourth-order valence-electron chi connectivity index (χ4n) is 5.59. The Kier molecular flexibility index (Phi) is 4.87. The van der Waals surface area contributed by atoms with E-state index in [1.54, 1.807) is 0 Å². The maximum atomic E-state index is 7.00. The number of hydrogen-bond donors (Lipinski definition) is 1. The van der Waals surface area contributed by atoms with Crippen molar-refractivity contribution < 1.29 is 9.47 Å². The van der Waals surface area contributed by atoms with Gasteiger partial charge in [-0.3, -0.25) is 0 Å². The van der Waals surface area contributed by atoms with Gasteiger partial charge in [-0.15, -0.1) is 0 Å². The predicted octanol–water partition coefficient (Wildman–Crippen LogP) is 3.83. The third-order valence-corrected chi connectivity index (χ3v) is 7.63. The molecule has 4 saturated heterocycles. The molecular formula is C26H30N4O2. The Balaban J connectivity index is 0.000000123. The first-order valence-electron chi connectivity index (χ1n) is 11.7. The van der Waals surface area contributed by atoms with Gasteiger partial charge in [0.05, 0.1) is 44.1 Å². The van der Waals surface area contributed by atoms with Crippen LogP contribution in [0.25, 0.3) is 4.85 Å². The molecule has 1 aliphatic carbocycles. The average Bonchev–Trinajstić information content (AvgIpc) is 3.34. The van der Waals surface area contributed by atoms with Crippen LogP contribution in [0.2, 0.25) is 0 Å². The quantitative estimate of drug-likeness (QED) is 0.750. The molecule has 6 heteroatoms. The van der Waals surface area contributed by atoms with Gasteiger partial charge in [-0.2, -0.15) is 0 Å². The van der Waals surface area contributed by atoms with Crippen LogP contribution in [-0.2, 0) is 15.0 Å². The van der Waals surface area contributed by atoms with E-state index in [0.29, 0.717) is 24.3 Å². The van der Waals surface area contributed by atoms with Crippen LogP contribution in [0.1, 0.15) is 31.2 Å². The van der Waals surface area contributed by atoms with Gasteiger partial charge in [0.25, 0.3) is 0 Å². The Morgan fingerprint density at radius 2 is 1.47 bits per heavy atom. The van der Waals surface area contributed by atoms with E-state index in [-0.39, 0.29) is 5.54 Å². The number of fused-ring (bicyclic) bond motifs is 4. The van der Waals surface area contributed by atoms with Gasteiger partial charge in [-0.1, -0.05) is 24.3 Å². The summed E-state index contributed by atoms with van der Waals surface area (Å²) >= 11 is 0.